The molecule has 1 N–H and O–H groups in total. The molecule has 2 aromatic rings. The number of hydrogen-bond donors (Lipinski definition) is 1. The number of nitrogens with one attached hydrogen (secondary N) is 1. The Morgan fingerprint density at radius 1 is 0.889 bits per heavy atom. The molecule has 2 saturated heterocycles. The van der Waals surface area contributed by atoms with Gasteiger partial charge in [0, 0.05) is 63.9 Å². The van der Waals surface area contributed by atoms with E-state index in [-0.39, 0.29) is 18.0 Å². The summed E-state index contributed by atoms with van der Waals surface area (Å²) in [5.41, 5.74) is 3.60. The number of hydrogen-bond acceptors (Lipinski definition) is 7. The van der Waals surface area contributed by atoms with E-state index in [0.717, 1.165) is 48.7 Å². The number of likely N-dealkylation sites (N-methyl/N-ethyl adjacent to an activating group) is 2. The molecule has 0 saturated carbocycles. The van der Waals surface area contributed by atoms with Gasteiger partial charge in [0.2, 0.25) is 15.9 Å². The molecule has 1 amide bonds. The molecule has 0 aromatic heterocycles. The van der Waals surface area contributed by atoms with Crippen molar-refractivity contribution in [1.29, 1.82) is 0 Å². The number of carbonyl (C=O) groups excluding carboxylic acids is 1. The van der Waals surface area contributed by atoms with Crippen LogP contribution in [-0.2, 0) is 19.6 Å². The second-order valence-electron chi connectivity index (χ2n) is 9.88. The lowest BCUT2D eigenvalue weighted by Gasteiger charge is -2.45. The summed E-state index contributed by atoms with van der Waals surface area (Å²) in [6.45, 7) is 5.86. The number of carbonyl (C=O) groups is 1. The van der Waals surface area contributed by atoms with Crippen molar-refractivity contribution >= 4 is 38.7 Å². The number of amides is 1. The summed E-state index contributed by atoms with van der Waals surface area (Å²) in [6.07, 6.45) is 1.78. The maximum absolute atomic E-state index is 13.0. The van der Waals surface area contributed by atoms with Crippen LogP contribution in [0.15, 0.2) is 47.4 Å². The van der Waals surface area contributed by atoms with Crippen LogP contribution in [0.2, 0.25) is 0 Å². The van der Waals surface area contributed by atoms with Crippen molar-refractivity contribution in [1.82, 2.24) is 9.21 Å². The van der Waals surface area contributed by atoms with Gasteiger partial charge in [-0.3, -0.25) is 4.79 Å². The van der Waals surface area contributed by atoms with Crippen LogP contribution < -0.4 is 15.1 Å². The Morgan fingerprint density at radius 2 is 1.53 bits per heavy atom. The minimum absolute atomic E-state index is 0.0897. The highest BCUT2D eigenvalue weighted by Crippen LogP contribution is 2.40. The van der Waals surface area contributed by atoms with Gasteiger partial charge in [0.25, 0.3) is 0 Å². The molecule has 10 heteroatoms. The lowest BCUT2D eigenvalue weighted by atomic mass is 9.99. The molecule has 0 unspecified atom stereocenters. The molecule has 2 fully saturated rings. The highest BCUT2D eigenvalue weighted by Gasteiger charge is 2.38. The molecule has 194 valence electrons. The van der Waals surface area contributed by atoms with E-state index >= 15 is 0 Å². The number of piperazine rings is 1. The zero-order chi connectivity index (χ0) is 25.4. The number of sulfonamides is 1. The minimum atomic E-state index is -3.50. The van der Waals surface area contributed by atoms with E-state index in [1.54, 1.807) is 33.5 Å². The molecule has 3 aliphatic rings. The molecule has 0 radical (unpaired) electrons. The highest BCUT2D eigenvalue weighted by molar-refractivity contribution is 7.89. The van der Waals surface area contributed by atoms with E-state index < -0.39 is 10.0 Å². The standard InChI is InChI=1S/C26H35N5O4S/c1-19-26(32)29(3)24-9-6-21(18-25(24)31(19)22-10-16-35-17-11-22)27-20-4-7-23(8-5-20)36(33,34)30-14-12-28(2)13-15-30/h4-9,18-19,22,27H,10-17H2,1-3H3/t19-/m1/s1. The maximum Gasteiger partial charge on any atom is 0.249 e. The minimum Gasteiger partial charge on any atom is -0.381 e. The molecule has 0 aliphatic carbocycles. The molecular formula is C26H35N5O4S. The molecule has 3 aliphatic heterocycles. The molecule has 5 rings (SSSR count). The Morgan fingerprint density at radius 3 is 2.19 bits per heavy atom. The third-order valence-corrected chi connectivity index (χ3v) is 9.46. The van der Waals surface area contributed by atoms with Gasteiger partial charge in [-0.15, -0.1) is 0 Å². The lowest BCUT2D eigenvalue weighted by molar-refractivity contribution is -0.119. The van der Waals surface area contributed by atoms with Crippen molar-refractivity contribution < 1.29 is 17.9 Å². The monoisotopic (exact) mass is 513 g/mol. The highest BCUT2D eigenvalue weighted by atomic mass is 32.2. The van der Waals surface area contributed by atoms with Crippen molar-refractivity contribution in [2.24, 2.45) is 0 Å². The smallest absolute Gasteiger partial charge is 0.249 e. The van der Waals surface area contributed by atoms with Gasteiger partial charge < -0.3 is 24.8 Å². The fourth-order valence-electron chi connectivity index (χ4n) is 5.35. The first-order valence-electron chi connectivity index (χ1n) is 12.6. The van der Waals surface area contributed by atoms with Gasteiger partial charge in [-0.05, 0) is 69.3 Å². The van der Waals surface area contributed by atoms with E-state index in [4.69, 9.17) is 4.74 Å². The Balaban J connectivity index is 1.37. The van der Waals surface area contributed by atoms with Gasteiger partial charge in [-0.25, -0.2) is 8.42 Å². The van der Waals surface area contributed by atoms with Crippen LogP contribution >= 0.6 is 0 Å². The summed E-state index contributed by atoms with van der Waals surface area (Å²) in [7, 11) is 0.330. The van der Waals surface area contributed by atoms with Crippen molar-refractivity contribution in [2.45, 2.75) is 36.7 Å². The number of benzene rings is 2. The predicted molar refractivity (Wildman–Crippen MR) is 142 cm³/mol. The maximum atomic E-state index is 13.0. The quantitative estimate of drug-likeness (QED) is 0.658. The van der Waals surface area contributed by atoms with Gasteiger partial charge in [0.1, 0.15) is 6.04 Å². The normalized spacial score (nSPS) is 22.5. The Bertz CT molecular complexity index is 1210. The van der Waals surface area contributed by atoms with Crippen LogP contribution in [0.25, 0.3) is 0 Å². The largest absolute Gasteiger partial charge is 0.381 e. The van der Waals surface area contributed by atoms with E-state index in [0.29, 0.717) is 31.2 Å². The number of rotatable bonds is 5. The van der Waals surface area contributed by atoms with Crippen LogP contribution in [0.5, 0.6) is 0 Å². The van der Waals surface area contributed by atoms with Gasteiger partial charge >= 0.3 is 0 Å². The second kappa shape index (κ2) is 10.0. The molecule has 2 aromatic carbocycles. The van der Waals surface area contributed by atoms with E-state index in [2.05, 4.69) is 21.2 Å². The van der Waals surface area contributed by atoms with Crippen LogP contribution in [0.4, 0.5) is 22.7 Å². The van der Waals surface area contributed by atoms with Crippen LogP contribution in [0.3, 0.4) is 0 Å². The first kappa shape index (κ1) is 25.0. The topological polar surface area (TPSA) is 85.4 Å². The lowest BCUT2D eigenvalue weighted by Crippen LogP contribution is -2.55. The Labute approximate surface area is 213 Å². The van der Waals surface area contributed by atoms with Gasteiger partial charge in [0.15, 0.2) is 0 Å². The zero-order valence-corrected chi connectivity index (χ0v) is 22.0. The predicted octanol–water partition coefficient (Wildman–Crippen LogP) is 2.72. The van der Waals surface area contributed by atoms with Crippen molar-refractivity contribution in [3.05, 3.63) is 42.5 Å². The van der Waals surface area contributed by atoms with Crippen LogP contribution in [0, 0.1) is 0 Å². The zero-order valence-electron chi connectivity index (χ0n) is 21.2. The first-order valence-corrected chi connectivity index (χ1v) is 14.0. The van der Waals surface area contributed by atoms with Crippen LogP contribution in [-0.4, -0.2) is 89.1 Å². The van der Waals surface area contributed by atoms with Gasteiger partial charge in [-0.2, -0.15) is 4.31 Å². The summed E-state index contributed by atoms with van der Waals surface area (Å²) in [5.74, 6) is 0.0897. The number of fused-ring (bicyclic) bond motifs is 1. The summed E-state index contributed by atoms with van der Waals surface area (Å²) < 4.78 is 33.2. The Hall–Kier alpha value is -2.66. The number of anilines is 4. The molecule has 3 heterocycles. The molecule has 1 atom stereocenters. The molecule has 0 bridgehead atoms. The average Bonchev–Trinajstić information content (AvgIpc) is 2.89. The third kappa shape index (κ3) is 4.70. The van der Waals surface area contributed by atoms with E-state index in [1.807, 2.05) is 33.2 Å². The summed E-state index contributed by atoms with van der Waals surface area (Å²) in [6, 6.07) is 12.9. The van der Waals surface area contributed by atoms with E-state index in [9.17, 15) is 13.2 Å². The van der Waals surface area contributed by atoms with Gasteiger partial charge in [0.05, 0.1) is 16.3 Å². The van der Waals surface area contributed by atoms with E-state index in [1.165, 1.54) is 0 Å². The van der Waals surface area contributed by atoms with Crippen LogP contribution in [0.1, 0.15) is 19.8 Å². The fraction of sp³-hybridized carbons (Fsp3) is 0.500. The molecule has 0 spiro atoms. The SMILES string of the molecule is C[C@@H]1C(=O)N(C)c2ccc(Nc3ccc(S(=O)(=O)N4CCN(C)CC4)cc3)cc2N1C1CCOCC1. The third-order valence-electron chi connectivity index (χ3n) is 7.55. The number of ether oxygens (including phenoxy) is 1. The molecule has 9 nitrogen and oxygen atoms in total. The Kier molecular flexibility index (Phi) is 6.95. The average molecular weight is 514 g/mol. The fourth-order valence-corrected chi connectivity index (χ4v) is 6.77. The number of nitrogens with zero attached hydrogens (tertiary/aromatic N) is 4. The van der Waals surface area contributed by atoms with Gasteiger partial charge in [-0.1, -0.05) is 0 Å². The van der Waals surface area contributed by atoms with Crippen molar-refractivity contribution in [3.8, 4) is 0 Å². The van der Waals surface area contributed by atoms with Crippen molar-refractivity contribution in [3.63, 3.8) is 0 Å². The summed E-state index contributed by atoms with van der Waals surface area (Å²) in [4.78, 5) is 19.4. The molecular weight excluding hydrogens is 478 g/mol. The summed E-state index contributed by atoms with van der Waals surface area (Å²) >= 11 is 0. The second-order valence-corrected chi connectivity index (χ2v) is 11.8. The first-order chi connectivity index (χ1) is 17.3. The van der Waals surface area contributed by atoms with Crippen molar-refractivity contribution in [2.75, 3.05) is 68.6 Å². The summed E-state index contributed by atoms with van der Waals surface area (Å²) in [5, 5.41) is 3.41. The molecule has 36 heavy (non-hydrogen) atoms.